The lowest BCUT2D eigenvalue weighted by Crippen LogP contribution is -2.55. The van der Waals surface area contributed by atoms with Crippen molar-refractivity contribution in [3.63, 3.8) is 0 Å². The third-order valence-corrected chi connectivity index (χ3v) is 13.8. The van der Waals surface area contributed by atoms with Gasteiger partial charge in [0.05, 0.1) is 5.69 Å². The first-order valence-corrected chi connectivity index (χ1v) is 18.7. The maximum absolute atomic E-state index is 2.61. The summed E-state index contributed by atoms with van der Waals surface area (Å²) in [6.07, 6.45) is 7.00. The molecule has 1 heterocycles. The normalized spacial score (nSPS) is 24.8. The molecule has 232 valence electrons. The predicted octanol–water partition coefficient (Wildman–Crippen LogP) is 12.9. The first-order valence-electron chi connectivity index (χ1n) is 17.9. The number of hydrogen-bond donors (Lipinski definition) is 0. The number of anilines is 3. The summed E-state index contributed by atoms with van der Waals surface area (Å²) < 4.78 is 2.70. The van der Waals surface area contributed by atoms with Crippen molar-refractivity contribution in [2.45, 2.75) is 37.5 Å². The standard InChI is InChI=1S/C46H37NS/c1-2-9-31(10-3-1)32-17-19-35(20-18-32)47(36-21-22-39-38-12-5-7-16-43(38)48-44(39)28-36)42-15-8-13-40-37-11-4-6-14-41(37)46(45(40)42)33-24-29-23-30(26-33)27-34(46)25-29/h1-22,28-30,33-34H,23-27H2. The fourth-order valence-electron chi connectivity index (χ4n) is 11.1. The second-order valence-corrected chi connectivity index (χ2v) is 16.0. The minimum atomic E-state index is 0.0832. The Morgan fingerprint density at radius 3 is 1.96 bits per heavy atom. The average molecular weight is 636 g/mol. The van der Waals surface area contributed by atoms with Crippen LogP contribution in [0.15, 0.2) is 140 Å². The van der Waals surface area contributed by atoms with Gasteiger partial charge in [-0.15, -0.1) is 11.3 Å². The molecule has 48 heavy (non-hydrogen) atoms. The van der Waals surface area contributed by atoms with E-state index in [1.54, 1.807) is 11.1 Å². The van der Waals surface area contributed by atoms with E-state index in [9.17, 15) is 0 Å². The largest absolute Gasteiger partial charge is 0.310 e. The zero-order valence-electron chi connectivity index (χ0n) is 27.0. The molecule has 6 aromatic carbocycles. The topological polar surface area (TPSA) is 3.24 Å². The molecule has 0 N–H and O–H groups in total. The Balaban J connectivity index is 1.16. The Hall–Kier alpha value is -4.66. The second kappa shape index (κ2) is 10.2. The Morgan fingerprint density at radius 2 is 1.15 bits per heavy atom. The van der Waals surface area contributed by atoms with E-state index in [4.69, 9.17) is 0 Å². The van der Waals surface area contributed by atoms with Crippen LogP contribution in [0.5, 0.6) is 0 Å². The van der Waals surface area contributed by atoms with Crippen LogP contribution < -0.4 is 4.90 Å². The summed E-state index contributed by atoms with van der Waals surface area (Å²) in [7, 11) is 0. The van der Waals surface area contributed by atoms with Gasteiger partial charge in [-0.25, -0.2) is 0 Å². The maximum Gasteiger partial charge on any atom is 0.0509 e. The Labute approximate surface area is 286 Å². The SMILES string of the molecule is c1ccc(-c2ccc(N(c3ccc4c(c3)sc3ccccc34)c3cccc4c3C3(c5ccccc5-4)C4CC5CC(C4)CC3C5)cc2)cc1. The first kappa shape index (κ1) is 27.3. The van der Waals surface area contributed by atoms with E-state index in [-0.39, 0.29) is 5.41 Å². The third-order valence-electron chi connectivity index (χ3n) is 12.6. The summed E-state index contributed by atoms with van der Waals surface area (Å²) in [5, 5.41) is 2.70. The van der Waals surface area contributed by atoms with Gasteiger partial charge in [-0.2, -0.15) is 0 Å². The first-order chi connectivity index (χ1) is 23.8. The fraction of sp³-hybridized carbons (Fsp3) is 0.217. The van der Waals surface area contributed by atoms with Crippen LogP contribution in [0.1, 0.15) is 43.2 Å². The van der Waals surface area contributed by atoms with Gasteiger partial charge in [-0.1, -0.05) is 103 Å². The van der Waals surface area contributed by atoms with Gasteiger partial charge in [0.25, 0.3) is 0 Å². The van der Waals surface area contributed by atoms with Crippen LogP contribution in [-0.4, -0.2) is 0 Å². The van der Waals surface area contributed by atoms with Crippen molar-refractivity contribution < 1.29 is 0 Å². The van der Waals surface area contributed by atoms with Crippen molar-refractivity contribution in [1.82, 2.24) is 0 Å². The molecule has 1 aromatic heterocycles. The van der Waals surface area contributed by atoms with Crippen molar-refractivity contribution >= 4 is 48.6 Å². The number of hydrogen-bond acceptors (Lipinski definition) is 2. The molecule has 0 unspecified atom stereocenters. The van der Waals surface area contributed by atoms with Crippen LogP contribution in [0.25, 0.3) is 42.4 Å². The van der Waals surface area contributed by atoms with Crippen molar-refractivity contribution in [3.8, 4) is 22.3 Å². The van der Waals surface area contributed by atoms with Crippen molar-refractivity contribution in [2.24, 2.45) is 23.7 Å². The van der Waals surface area contributed by atoms with Gasteiger partial charge in [0.1, 0.15) is 0 Å². The van der Waals surface area contributed by atoms with Gasteiger partial charge in [0.2, 0.25) is 0 Å². The molecule has 2 heteroatoms. The molecule has 4 bridgehead atoms. The Kier molecular flexibility index (Phi) is 5.79. The zero-order valence-corrected chi connectivity index (χ0v) is 27.8. The number of thiophene rings is 1. The van der Waals surface area contributed by atoms with Crippen LogP contribution in [0.3, 0.4) is 0 Å². The Morgan fingerprint density at radius 1 is 0.500 bits per heavy atom. The number of benzene rings is 6. The molecule has 12 rings (SSSR count). The third kappa shape index (κ3) is 3.73. The second-order valence-electron chi connectivity index (χ2n) is 14.9. The molecule has 0 amide bonds. The smallest absolute Gasteiger partial charge is 0.0509 e. The molecule has 4 saturated carbocycles. The van der Waals surface area contributed by atoms with E-state index in [0.29, 0.717) is 11.8 Å². The van der Waals surface area contributed by atoms with Crippen LogP contribution >= 0.6 is 11.3 Å². The van der Waals surface area contributed by atoms with Gasteiger partial charge >= 0.3 is 0 Å². The maximum atomic E-state index is 2.61. The minimum absolute atomic E-state index is 0.0832. The van der Waals surface area contributed by atoms with E-state index < -0.39 is 0 Å². The van der Waals surface area contributed by atoms with Gasteiger partial charge in [-0.3, -0.25) is 0 Å². The molecule has 1 nitrogen and oxygen atoms in total. The summed E-state index contributed by atoms with van der Waals surface area (Å²) in [6, 6.07) is 52.8. The van der Waals surface area contributed by atoms with E-state index in [2.05, 4.69) is 144 Å². The number of rotatable bonds is 4. The average Bonchev–Trinajstić information content (AvgIpc) is 3.65. The molecule has 1 spiro atoms. The molecule has 5 aliphatic carbocycles. The van der Waals surface area contributed by atoms with E-state index in [1.807, 2.05) is 11.3 Å². The highest BCUT2D eigenvalue weighted by Crippen LogP contribution is 2.71. The Bertz CT molecular complexity index is 2340. The molecular formula is C46H37NS. The summed E-state index contributed by atoms with van der Waals surface area (Å²) in [5.41, 5.74) is 12.6. The van der Waals surface area contributed by atoms with E-state index in [1.165, 1.54) is 91.6 Å². The molecule has 0 aliphatic heterocycles. The van der Waals surface area contributed by atoms with Crippen molar-refractivity contribution in [2.75, 3.05) is 4.90 Å². The highest BCUT2D eigenvalue weighted by molar-refractivity contribution is 7.25. The van der Waals surface area contributed by atoms with Crippen LogP contribution in [0, 0.1) is 23.7 Å². The number of nitrogens with zero attached hydrogens (tertiary/aromatic N) is 1. The molecule has 5 aliphatic rings. The quantitative estimate of drug-likeness (QED) is 0.186. The fourth-order valence-corrected chi connectivity index (χ4v) is 12.2. The summed E-state index contributed by atoms with van der Waals surface area (Å²) in [6.45, 7) is 0. The molecule has 4 fully saturated rings. The van der Waals surface area contributed by atoms with Crippen molar-refractivity contribution in [1.29, 1.82) is 0 Å². The van der Waals surface area contributed by atoms with Crippen LogP contribution in [0.2, 0.25) is 0 Å². The zero-order chi connectivity index (χ0) is 31.4. The molecule has 0 saturated heterocycles. The summed E-state index contributed by atoms with van der Waals surface area (Å²) in [4.78, 5) is 2.61. The van der Waals surface area contributed by atoms with Gasteiger partial charge in [0.15, 0.2) is 0 Å². The van der Waals surface area contributed by atoms with Crippen molar-refractivity contribution in [3.05, 3.63) is 151 Å². The van der Waals surface area contributed by atoms with Gasteiger partial charge < -0.3 is 4.90 Å². The predicted molar refractivity (Wildman–Crippen MR) is 203 cm³/mol. The lowest BCUT2D eigenvalue weighted by Gasteiger charge is -2.61. The number of fused-ring (bicyclic) bond motifs is 6. The van der Waals surface area contributed by atoms with Crippen LogP contribution in [-0.2, 0) is 5.41 Å². The highest BCUT2D eigenvalue weighted by Gasteiger charge is 2.62. The molecule has 7 aromatic rings. The van der Waals surface area contributed by atoms with Gasteiger partial charge in [0, 0.05) is 37.0 Å². The molecule has 0 radical (unpaired) electrons. The summed E-state index contributed by atoms with van der Waals surface area (Å²) >= 11 is 1.91. The lowest BCUT2D eigenvalue weighted by molar-refractivity contribution is -0.0397. The molecular weight excluding hydrogens is 599 g/mol. The van der Waals surface area contributed by atoms with Gasteiger partial charge in [-0.05, 0) is 126 Å². The minimum Gasteiger partial charge on any atom is -0.310 e. The van der Waals surface area contributed by atoms with Crippen LogP contribution in [0.4, 0.5) is 17.1 Å². The highest BCUT2D eigenvalue weighted by atomic mass is 32.1. The monoisotopic (exact) mass is 635 g/mol. The van der Waals surface area contributed by atoms with E-state index >= 15 is 0 Å². The summed E-state index contributed by atoms with van der Waals surface area (Å²) in [5.74, 6) is 3.26. The van der Waals surface area contributed by atoms with E-state index in [0.717, 1.165) is 11.8 Å². The lowest BCUT2D eigenvalue weighted by atomic mass is 9.43. The molecule has 0 atom stereocenters.